The molecule has 21 heavy (non-hydrogen) atoms. The lowest BCUT2D eigenvalue weighted by atomic mass is 9.77. The number of rotatable bonds is 3. The molecule has 1 aromatic rings. The van der Waals surface area contributed by atoms with Gasteiger partial charge in [-0.15, -0.1) is 0 Å². The summed E-state index contributed by atoms with van der Waals surface area (Å²) in [5.41, 5.74) is 1.49. The Balaban J connectivity index is 1.66. The van der Waals surface area contributed by atoms with Crippen molar-refractivity contribution in [2.24, 2.45) is 5.41 Å². The van der Waals surface area contributed by atoms with Crippen molar-refractivity contribution in [1.29, 1.82) is 0 Å². The van der Waals surface area contributed by atoms with Gasteiger partial charge in [0.25, 0.3) is 0 Å². The third kappa shape index (κ3) is 3.14. The molecule has 0 atom stereocenters. The van der Waals surface area contributed by atoms with E-state index in [0.29, 0.717) is 16.2 Å². The van der Waals surface area contributed by atoms with Crippen molar-refractivity contribution in [3.05, 3.63) is 22.7 Å². The van der Waals surface area contributed by atoms with Crippen LogP contribution >= 0.6 is 11.6 Å². The Morgan fingerprint density at radius 1 is 1.19 bits per heavy atom. The van der Waals surface area contributed by atoms with E-state index in [2.05, 4.69) is 4.90 Å². The van der Waals surface area contributed by atoms with Crippen molar-refractivity contribution < 1.29 is 9.84 Å². The Bertz CT molecular complexity index is 502. The number of ether oxygens (including phenoxy) is 1. The highest BCUT2D eigenvalue weighted by Gasteiger charge is 2.36. The van der Waals surface area contributed by atoms with Crippen LogP contribution in [0.3, 0.4) is 0 Å². The van der Waals surface area contributed by atoms with Gasteiger partial charge in [0.05, 0.1) is 7.11 Å². The van der Waals surface area contributed by atoms with Gasteiger partial charge in [-0.3, -0.25) is 4.90 Å². The second kappa shape index (κ2) is 6.05. The van der Waals surface area contributed by atoms with Gasteiger partial charge in [-0.05, 0) is 50.3 Å². The lowest BCUT2D eigenvalue weighted by Gasteiger charge is -2.39. The first-order chi connectivity index (χ1) is 10.1. The number of halogens is 1. The van der Waals surface area contributed by atoms with E-state index in [1.54, 1.807) is 13.2 Å². The van der Waals surface area contributed by atoms with E-state index in [0.717, 1.165) is 25.2 Å². The summed E-state index contributed by atoms with van der Waals surface area (Å²) in [6.45, 7) is 2.99. The van der Waals surface area contributed by atoms with Crippen molar-refractivity contribution in [1.82, 2.24) is 4.90 Å². The number of nitrogens with zero attached hydrogens (tertiary/aromatic N) is 1. The zero-order valence-corrected chi connectivity index (χ0v) is 13.5. The summed E-state index contributed by atoms with van der Waals surface area (Å²) in [5, 5.41) is 10.9. The number of hydrogen-bond donors (Lipinski definition) is 1. The van der Waals surface area contributed by atoms with Gasteiger partial charge in [0, 0.05) is 23.2 Å². The molecule has 0 aromatic heterocycles. The first kappa shape index (κ1) is 15.0. The lowest BCUT2D eigenvalue weighted by molar-refractivity contribution is 0.103. The molecule has 1 spiro atoms. The van der Waals surface area contributed by atoms with Gasteiger partial charge in [0.2, 0.25) is 0 Å². The maximum atomic E-state index is 10.2. The van der Waals surface area contributed by atoms with E-state index in [1.807, 2.05) is 6.07 Å². The fraction of sp³-hybridized carbons (Fsp3) is 0.647. The summed E-state index contributed by atoms with van der Waals surface area (Å²) >= 11 is 6.11. The summed E-state index contributed by atoms with van der Waals surface area (Å²) in [6, 6.07) is 3.50. The molecule has 0 bridgehead atoms. The second-order valence-corrected chi connectivity index (χ2v) is 7.04. The molecule has 3 nitrogen and oxygen atoms in total. The SMILES string of the molecule is COc1cc(Cl)cc(CN2CCC3(CCCC3)CC2)c1O. The number of methoxy groups -OCH3 is 1. The van der Waals surface area contributed by atoms with Crippen molar-refractivity contribution in [2.75, 3.05) is 20.2 Å². The number of benzene rings is 1. The molecule has 2 fully saturated rings. The predicted octanol–water partition coefficient (Wildman–Crippen LogP) is 4.21. The Labute approximate surface area is 131 Å². The first-order valence-corrected chi connectivity index (χ1v) is 8.27. The van der Waals surface area contributed by atoms with Crippen molar-refractivity contribution in [3.8, 4) is 11.5 Å². The Hall–Kier alpha value is -0.930. The van der Waals surface area contributed by atoms with E-state index < -0.39 is 0 Å². The molecule has 116 valence electrons. The zero-order chi connectivity index (χ0) is 14.9. The summed E-state index contributed by atoms with van der Waals surface area (Å²) in [6.07, 6.45) is 8.24. The summed E-state index contributed by atoms with van der Waals surface area (Å²) in [7, 11) is 1.56. The number of hydrogen-bond acceptors (Lipinski definition) is 3. The predicted molar refractivity (Wildman–Crippen MR) is 85.1 cm³/mol. The fourth-order valence-electron chi connectivity index (χ4n) is 3.96. The fourth-order valence-corrected chi connectivity index (χ4v) is 4.19. The molecule has 1 aliphatic heterocycles. The monoisotopic (exact) mass is 309 g/mol. The van der Waals surface area contributed by atoms with Gasteiger partial charge < -0.3 is 9.84 Å². The highest BCUT2D eigenvalue weighted by molar-refractivity contribution is 6.30. The van der Waals surface area contributed by atoms with Crippen molar-refractivity contribution in [2.45, 2.75) is 45.1 Å². The van der Waals surface area contributed by atoms with E-state index >= 15 is 0 Å². The maximum Gasteiger partial charge on any atom is 0.162 e. The molecule has 1 saturated carbocycles. The molecule has 2 aliphatic rings. The van der Waals surface area contributed by atoms with Gasteiger partial charge >= 0.3 is 0 Å². The highest BCUT2D eigenvalue weighted by atomic mass is 35.5. The zero-order valence-electron chi connectivity index (χ0n) is 12.7. The van der Waals surface area contributed by atoms with Crippen LogP contribution in [0.1, 0.15) is 44.1 Å². The van der Waals surface area contributed by atoms with Gasteiger partial charge in [-0.1, -0.05) is 24.4 Å². The van der Waals surface area contributed by atoms with Gasteiger partial charge in [-0.25, -0.2) is 0 Å². The summed E-state index contributed by atoms with van der Waals surface area (Å²) in [4.78, 5) is 2.42. The summed E-state index contributed by atoms with van der Waals surface area (Å²) < 4.78 is 5.18. The molecule has 1 N–H and O–H groups in total. The van der Waals surface area contributed by atoms with E-state index in [-0.39, 0.29) is 5.75 Å². The van der Waals surface area contributed by atoms with Crippen LogP contribution in [0.4, 0.5) is 0 Å². The number of piperidine rings is 1. The highest BCUT2D eigenvalue weighted by Crippen LogP contribution is 2.46. The molecule has 0 amide bonds. The standard InChI is InChI=1S/C17H24ClNO2/c1-21-15-11-14(18)10-13(16(15)20)12-19-8-6-17(7-9-19)4-2-3-5-17/h10-11,20H,2-9,12H2,1H3. The average Bonchev–Trinajstić information content (AvgIpc) is 2.93. The van der Waals surface area contributed by atoms with Crippen LogP contribution < -0.4 is 4.74 Å². The van der Waals surface area contributed by atoms with Crippen LogP contribution in [0.5, 0.6) is 11.5 Å². The van der Waals surface area contributed by atoms with Gasteiger partial charge in [0.1, 0.15) is 0 Å². The lowest BCUT2D eigenvalue weighted by Crippen LogP contribution is -2.38. The van der Waals surface area contributed by atoms with Gasteiger partial charge in [-0.2, -0.15) is 0 Å². The van der Waals surface area contributed by atoms with Gasteiger partial charge in [0.15, 0.2) is 11.5 Å². The second-order valence-electron chi connectivity index (χ2n) is 6.60. The summed E-state index contributed by atoms with van der Waals surface area (Å²) in [5.74, 6) is 0.685. The average molecular weight is 310 g/mol. The van der Waals surface area contributed by atoms with Crippen molar-refractivity contribution in [3.63, 3.8) is 0 Å². The number of likely N-dealkylation sites (tertiary alicyclic amines) is 1. The molecule has 3 rings (SSSR count). The molecular weight excluding hydrogens is 286 g/mol. The van der Waals surface area contributed by atoms with Crippen LogP contribution in [0.15, 0.2) is 12.1 Å². The number of phenols is 1. The topological polar surface area (TPSA) is 32.7 Å². The largest absolute Gasteiger partial charge is 0.504 e. The quantitative estimate of drug-likeness (QED) is 0.908. The minimum absolute atomic E-state index is 0.225. The van der Waals surface area contributed by atoms with Crippen LogP contribution in [0.25, 0.3) is 0 Å². The Kier molecular flexibility index (Phi) is 4.32. The molecule has 0 unspecified atom stereocenters. The Morgan fingerprint density at radius 2 is 1.86 bits per heavy atom. The minimum Gasteiger partial charge on any atom is -0.504 e. The molecule has 4 heteroatoms. The maximum absolute atomic E-state index is 10.2. The Morgan fingerprint density at radius 3 is 2.48 bits per heavy atom. The number of aromatic hydroxyl groups is 1. The minimum atomic E-state index is 0.225. The van der Waals surface area contributed by atoms with Crippen LogP contribution in [-0.4, -0.2) is 30.2 Å². The number of phenolic OH excluding ortho intramolecular Hbond substituents is 1. The van der Waals surface area contributed by atoms with Crippen LogP contribution in [0, 0.1) is 5.41 Å². The molecule has 0 radical (unpaired) electrons. The third-order valence-electron chi connectivity index (χ3n) is 5.31. The molecule has 1 heterocycles. The van der Waals surface area contributed by atoms with E-state index in [9.17, 15) is 5.11 Å². The first-order valence-electron chi connectivity index (χ1n) is 7.90. The van der Waals surface area contributed by atoms with E-state index in [4.69, 9.17) is 16.3 Å². The van der Waals surface area contributed by atoms with Crippen molar-refractivity contribution >= 4 is 11.6 Å². The van der Waals surface area contributed by atoms with Crippen LogP contribution in [0.2, 0.25) is 5.02 Å². The molecular formula is C17H24ClNO2. The third-order valence-corrected chi connectivity index (χ3v) is 5.53. The molecule has 1 aromatic carbocycles. The normalized spacial score (nSPS) is 21.8. The molecule has 1 saturated heterocycles. The van der Waals surface area contributed by atoms with Crippen LogP contribution in [-0.2, 0) is 6.54 Å². The van der Waals surface area contributed by atoms with E-state index in [1.165, 1.54) is 38.5 Å². The molecule has 1 aliphatic carbocycles. The smallest absolute Gasteiger partial charge is 0.162 e.